The number of hydrogen-bond donors (Lipinski definition) is 2. The van der Waals surface area contributed by atoms with Crippen LogP contribution in [0.5, 0.6) is 5.75 Å². The molecule has 7 nitrogen and oxygen atoms in total. The van der Waals surface area contributed by atoms with Crippen LogP contribution < -0.4 is 20.3 Å². The van der Waals surface area contributed by atoms with Crippen LogP contribution >= 0.6 is 22.9 Å². The number of nitrogens with zero attached hydrogens (tertiary/aromatic N) is 3. The number of aromatic nitrogens is 2. The van der Waals surface area contributed by atoms with E-state index in [2.05, 4.69) is 20.7 Å². The van der Waals surface area contributed by atoms with Crippen molar-refractivity contribution in [3.63, 3.8) is 0 Å². The van der Waals surface area contributed by atoms with Gasteiger partial charge in [-0.2, -0.15) is 13.2 Å². The number of alkyl halides is 3. The van der Waals surface area contributed by atoms with Crippen molar-refractivity contribution in [2.24, 2.45) is 4.99 Å². The number of carbonyl (C=O) groups excluding carboxylic acids is 1. The predicted molar refractivity (Wildman–Crippen MR) is 133 cm³/mol. The Bertz CT molecular complexity index is 1420. The van der Waals surface area contributed by atoms with Gasteiger partial charge in [-0.3, -0.25) is 10.2 Å². The van der Waals surface area contributed by atoms with Crippen LogP contribution in [-0.2, 0) is 11.0 Å². The Morgan fingerprint density at radius 3 is 2.53 bits per heavy atom. The zero-order chi connectivity index (χ0) is 25.7. The Labute approximate surface area is 212 Å². The Balaban J connectivity index is 1.59. The minimum Gasteiger partial charge on any atom is -0.497 e. The highest BCUT2D eigenvalue weighted by Gasteiger charge is 2.31. The SMILES string of the molecule is COc1ccc(-c2csc(=Nc3ccccc3)n2NC(=O)CNc2ncc(C(F)(F)F)cc2Cl)cc1. The Kier molecular flexibility index (Phi) is 7.61. The van der Waals surface area contributed by atoms with Crippen molar-refractivity contribution in [2.45, 2.75) is 6.18 Å². The smallest absolute Gasteiger partial charge is 0.417 e. The van der Waals surface area contributed by atoms with Gasteiger partial charge in [-0.15, -0.1) is 11.3 Å². The number of hydrogen-bond acceptors (Lipinski definition) is 6. The zero-order valence-corrected chi connectivity index (χ0v) is 20.3. The fourth-order valence-corrected chi connectivity index (χ4v) is 4.22. The van der Waals surface area contributed by atoms with Gasteiger partial charge in [0, 0.05) is 17.1 Å². The minimum atomic E-state index is -4.57. The first-order chi connectivity index (χ1) is 17.2. The maximum atomic E-state index is 12.8. The van der Waals surface area contributed by atoms with Gasteiger partial charge in [0.1, 0.15) is 11.6 Å². The molecule has 0 saturated carbocycles. The van der Waals surface area contributed by atoms with Crippen LogP contribution in [0.1, 0.15) is 5.56 Å². The summed E-state index contributed by atoms with van der Waals surface area (Å²) in [7, 11) is 1.57. The Hall–Kier alpha value is -3.83. The molecule has 0 bridgehead atoms. The van der Waals surface area contributed by atoms with E-state index in [1.165, 1.54) is 11.3 Å². The van der Waals surface area contributed by atoms with Crippen LogP contribution in [0.4, 0.5) is 24.7 Å². The predicted octanol–water partition coefficient (Wildman–Crippen LogP) is 5.71. The number of nitrogens with one attached hydrogen (secondary N) is 2. The summed E-state index contributed by atoms with van der Waals surface area (Å²) < 4.78 is 45.3. The Morgan fingerprint density at radius 2 is 1.89 bits per heavy atom. The summed E-state index contributed by atoms with van der Waals surface area (Å²) in [6.07, 6.45) is -3.92. The second-order valence-electron chi connectivity index (χ2n) is 7.36. The number of amides is 1. The summed E-state index contributed by atoms with van der Waals surface area (Å²) >= 11 is 7.25. The average molecular weight is 534 g/mol. The van der Waals surface area contributed by atoms with Crippen molar-refractivity contribution >= 4 is 40.4 Å². The first-order valence-electron chi connectivity index (χ1n) is 10.5. The lowest BCUT2D eigenvalue weighted by molar-refractivity contribution is -0.137. The van der Waals surface area contributed by atoms with Gasteiger partial charge >= 0.3 is 6.18 Å². The van der Waals surface area contributed by atoms with E-state index in [1.807, 2.05) is 47.8 Å². The maximum absolute atomic E-state index is 12.8. The largest absolute Gasteiger partial charge is 0.497 e. The highest BCUT2D eigenvalue weighted by molar-refractivity contribution is 7.07. The highest BCUT2D eigenvalue weighted by Crippen LogP contribution is 2.32. The van der Waals surface area contributed by atoms with Gasteiger partial charge in [0.25, 0.3) is 5.91 Å². The molecule has 0 radical (unpaired) electrons. The topological polar surface area (TPSA) is 80.5 Å². The quantitative estimate of drug-likeness (QED) is 0.319. The van der Waals surface area contributed by atoms with E-state index >= 15 is 0 Å². The number of pyridine rings is 1. The van der Waals surface area contributed by atoms with Crippen molar-refractivity contribution in [1.82, 2.24) is 9.66 Å². The molecule has 2 aromatic carbocycles. The maximum Gasteiger partial charge on any atom is 0.417 e. The van der Waals surface area contributed by atoms with Gasteiger partial charge in [0.05, 0.1) is 35.6 Å². The number of methoxy groups -OCH3 is 1. The normalized spacial score (nSPS) is 11.9. The van der Waals surface area contributed by atoms with E-state index in [9.17, 15) is 18.0 Å². The summed E-state index contributed by atoms with van der Waals surface area (Å²) in [5, 5.41) is 4.27. The standard InChI is InChI=1S/C24H19ClF3N5O2S/c1-35-18-9-7-15(8-10-18)20-14-36-23(31-17-5-3-2-4-6-17)33(20)32-21(34)13-30-22-19(25)11-16(12-29-22)24(26,27)28/h2-12,14H,13H2,1H3,(H,29,30)(H,32,34). The number of benzene rings is 2. The molecule has 0 fully saturated rings. The molecule has 0 saturated heterocycles. The van der Waals surface area contributed by atoms with Crippen LogP contribution in [0.3, 0.4) is 0 Å². The monoisotopic (exact) mass is 533 g/mol. The number of para-hydroxylation sites is 1. The molecule has 4 rings (SSSR count). The van der Waals surface area contributed by atoms with E-state index in [1.54, 1.807) is 23.9 Å². The van der Waals surface area contributed by atoms with Crippen LogP contribution in [0, 0.1) is 0 Å². The highest BCUT2D eigenvalue weighted by atomic mass is 35.5. The first-order valence-corrected chi connectivity index (χ1v) is 11.7. The molecule has 2 heterocycles. The second kappa shape index (κ2) is 10.8. The number of halogens is 4. The summed E-state index contributed by atoms with van der Waals surface area (Å²) in [5.41, 5.74) is 3.98. The minimum absolute atomic E-state index is 0.0419. The first kappa shape index (κ1) is 25.3. The second-order valence-corrected chi connectivity index (χ2v) is 8.60. The molecule has 0 aliphatic heterocycles. The molecule has 0 unspecified atom stereocenters. The van der Waals surface area contributed by atoms with Gasteiger partial charge in [0.2, 0.25) is 4.80 Å². The lowest BCUT2D eigenvalue weighted by Crippen LogP contribution is -2.34. The lowest BCUT2D eigenvalue weighted by atomic mass is 10.2. The van der Waals surface area contributed by atoms with E-state index in [0.29, 0.717) is 28.1 Å². The van der Waals surface area contributed by atoms with Gasteiger partial charge in [-0.05, 0) is 42.5 Å². The lowest BCUT2D eigenvalue weighted by Gasteiger charge is -2.13. The molecule has 0 aliphatic rings. The van der Waals surface area contributed by atoms with Gasteiger partial charge < -0.3 is 10.1 Å². The van der Waals surface area contributed by atoms with Crippen LogP contribution in [-0.4, -0.2) is 29.2 Å². The molecular weight excluding hydrogens is 515 g/mol. The fraction of sp³-hybridized carbons (Fsp3) is 0.125. The number of anilines is 1. The van der Waals surface area contributed by atoms with E-state index in [4.69, 9.17) is 16.3 Å². The molecule has 2 aromatic heterocycles. The third kappa shape index (κ3) is 6.04. The molecule has 0 aliphatic carbocycles. The molecule has 0 spiro atoms. The molecule has 4 aromatic rings. The van der Waals surface area contributed by atoms with Crippen molar-refractivity contribution < 1.29 is 22.7 Å². The number of thiazole rings is 1. The molecule has 1 amide bonds. The average Bonchev–Trinajstić information content (AvgIpc) is 3.25. The number of rotatable bonds is 7. The molecule has 186 valence electrons. The van der Waals surface area contributed by atoms with Crippen molar-refractivity contribution in [1.29, 1.82) is 0 Å². The molecule has 0 atom stereocenters. The van der Waals surface area contributed by atoms with E-state index in [0.717, 1.165) is 11.6 Å². The van der Waals surface area contributed by atoms with Crippen LogP contribution in [0.2, 0.25) is 5.02 Å². The van der Waals surface area contributed by atoms with Gasteiger partial charge in [-0.25, -0.2) is 14.7 Å². The van der Waals surface area contributed by atoms with Crippen LogP contribution in [0.25, 0.3) is 11.3 Å². The summed E-state index contributed by atoms with van der Waals surface area (Å²) in [6.45, 7) is -0.298. The van der Waals surface area contributed by atoms with Gasteiger partial charge in [0.15, 0.2) is 0 Å². The Morgan fingerprint density at radius 1 is 1.17 bits per heavy atom. The molecule has 2 N–H and O–H groups in total. The third-order valence-corrected chi connectivity index (χ3v) is 6.01. The fourth-order valence-electron chi connectivity index (χ4n) is 3.12. The van der Waals surface area contributed by atoms with Crippen molar-refractivity contribution in [3.8, 4) is 17.0 Å². The summed E-state index contributed by atoms with van der Waals surface area (Å²) in [4.78, 5) is 21.6. The van der Waals surface area contributed by atoms with Gasteiger partial charge in [-0.1, -0.05) is 29.8 Å². The molecule has 12 heteroatoms. The van der Waals surface area contributed by atoms with E-state index in [-0.39, 0.29) is 17.4 Å². The van der Waals surface area contributed by atoms with Crippen molar-refractivity contribution in [3.05, 3.63) is 87.6 Å². The third-order valence-electron chi connectivity index (χ3n) is 4.90. The number of ether oxygens (including phenoxy) is 1. The molecular formula is C24H19ClF3N5O2S. The number of carbonyl (C=O) groups is 1. The summed E-state index contributed by atoms with van der Waals surface area (Å²) in [5.74, 6) is 0.152. The van der Waals surface area contributed by atoms with Crippen molar-refractivity contribution in [2.75, 3.05) is 24.4 Å². The molecule has 36 heavy (non-hydrogen) atoms. The van der Waals surface area contributed by atoms with Crippen LogP contribution in [0.15, 0.2) is 77.2 Å². The van der Waals surface area contributed by atoms with E-state index < -0.39 is 17.6 Å². The zero-order valence-electron chi connectivity index (χ0n) is 18.7. The summed E-state index contributed by atoms with van der Waals surface area (Å²) in [6, 6.07) is 17.3.